The van der Waals surface area contributed by atoms with Crippen molar-refractivity contribution < 1.29 is 0 Å². The molecule has 4 heteroatoms. The fourth-order valence-corrected chi connectivity index (χ4v) is 4.75. The van der Waals surface area contributed by atoms with Gasteiger partial charge in [-0.25, -0.2) is 4.98 Å². The van der Waals surface area contributed by atoms with Crippen molar-refractivity contribution in [3.63, 3.8) is 0 Å². The second-order valence-electron chi connectivity index (χ2n) is 8.90. The van der Waals surface area contributed by atoms with E-state index in [0.29, 0.717) is 5.82 Å². The Hall–Kier alpha value is -3.37. The summed E-state index contributed by atoms with van der Waals surface area (Å²) in [6.07, 6.45) is 4.43. The highest BCUT2D eigenvalue weighted by atomic mass is 15.1. The first-order valence-corrected chi connectivity index (χ1v) is 11.3. The number of fused-ring (bicyclic) bond motifs is 1. The third-order valence-electron chi connectivity index (χ3n) is 6.70. The number of nitrogens with one attached hydrogen (secondary N) is 1. The number of likely N-dealkylation sites (N-methyl/N-ethyl adjacent to an activating group) is 1. The summed E-state index contributed by atoms with van der Waals surface area (Å²) in [4.78, 5) is 7.05. The van der Waals surface area contributed by atoms with Crippen LogP contribution in [0.3, 0.4) is 0 Å². The van der Waals surface area contributed by atoms with E-state index in [1.165, 1.54) is 27.8 Å². The molecule has 162 valence electrons. The highest BCUT2D eigenvalue weighted by Gasteiger charge is 2.16. The van der Waals surface area contributed by atoms with Crippen LogP contribution in [0.4, 0.5) is 5.82 Å². The van der Waals surface area contributed by atoms with Crippen molar-refractivity contribution in [3.8, 4) is 22.3 Å². The van der Waals surface area contributed by atoms with Gasteiger partial charge in [-0.05, 0) is 60.7 Å². The highest BCUT2D eigenvalue weighted by Crippen LogP contribution is 2.35. The molecule has 0 spiro atoms. The molecule has 4 nitrogen and oxygen atoms in total. The Morgan fingerprint density at radius 2 is 1.69 bits per heavy atom. The average molecular weight is 423 g/mol. The van der Waals surface area contributed by atoms with Crippen molar-refractivity contribution in [1.82, 2.24) is 15.2 Å². The first-order chi connectivity index (χ1) is 15.5. The molecule has 32 heavy (non-hydrogen) atoms. The SMILES string of the molecule is C=C1NCCc2cc(-c3cc(-c4ccc(C5=CCN(C)CC5)cc4)c(C)nc3N)ccc21. The van der Waals surface area contributed by atoms with Gasteiger partial charge in [-0.15, -0.1) is 0 Å². The summed E-state index contributed by atoms with van der Waals surface area (Å²) >= 11 is 0. The lowest BCUT2D eigenvalue weighted by Crippen LogP contribution is -2.23. The van der Waals surface area contributed by atoms with E-state index in [9.17, 15) is 0 Å². The van der Waals surface area contributed by atoms with Crippen LogP contribution in [0.1, 0.15) is 28.8 Å². The number of nitrogens with zero attached hydrogens (tertiary/aromatic N) is 2. The largest absolute Gasteiger partial charge is 0.385 e. The average Bonchev–Trinajstić information content (AvgIpc) is 2.80. The Bertz CT molecular complexity index is 1220. The van der Waals surface area contributed by atoms with E-state index in [4.69, 9.17) is 10.7 Å². The van der Waals surface area contributed by atoms with Crippen molar-refractivity contribution in [1.29, 1.82) is 0 Å². The number of rotatable bonds is 3. The molecule has 0 saturated heterocycles. The molecule has 2 aromatic carbocycles. The summed E-state index contributed by atoms with van der Waals surface area (Å²) < 4.78 is 0. The molecule has 0 aliphatic carbocycles. The number of aryl methyl sites for hydroxylation is 1. The van der Waals surface area contributed by atoms with Crippen molar-refractivity contribution in [2.24, 2.45) is 0 Å². The van der Waals surface area contributed by atoms with E-state index in [1.807, 2.05) is 6.92 Å². The van der Waals surface area contributed by atoms with Gasteiger partial charge in [-0.3, -0.25) is 0 Å². The molecule has 0 bridgehead atoms. The van der Waals surface area contributed by atoms with Gasteiger partial charge in [0.2, 0.25) is 0 Å². The molecule has 2 aliphatic heterocycles. The van der Waals surface area contributed by atoms with Gasteiger partial charge in [0.05, 0.1) is 0 Å². The smallest absolute Gasteiger partial charge is 0.131 e. The number of nitrogens with two attached hydrogens (primary N) is 1. The molecule has 3 aromatic rings. The third-order valence-corrected chi connectivity index (χ3v) is 6.70. The molecule has 0 saturated carbocycles. The Balaban J connectivity index is 1.50. The predicted octanol–water partition coefficient (Wildman–Crippen LogP) is 5.14. The minimum Gasteiger partial charge on any atom is -0.385 e. The standard InChI is InChI=1S/C28H30N4/c1-18-25-9-8-23(16-24(25)10-13-30-18)27-17-26(19(2)31-28(27)29)22-6-4-20(5-7-22)21-11-14-32(3)15-12-21/h4-9,11,16-17,30H,1,10,12-15H2,2-3H3,(H2,29,31). The molecule has 0 radical (unpaired) electrons. The van der Waals surface area contributed by atoms with Gasteiger partial charge < -0.3 is 16.0 Å². The summed E-state index contributed by atoms with van der Waals surface area (Å²) in [5.41, 5.74) is 18.0. The summed E-state index contributed by atoms with van der Waals surface area (Å²) in [5, 5.41) is 3.34. The van der Waals surface area contributed by atoms with Crippen molar-refractivity contribution >= 4 is 17.1 Å². The van der Waals surface area contributed by atoms with Gasteiger partial charge in [-0.2, -0.15) is 0 Å². The number of anilines is 1. The molecular formula is C28H30N4. The van der Waals surface area contributed by atoms with Crippen LogP contribution in [-0.2, 0) is 6.42 Å². The van der Waals surface area contributed by atoms with E-state index in [0.717, 1.165) is 60.6 Å². The third kappa shape index (κ3) is 3.82. The zero-order chi connectivity index (χ0) is 22.2. The minimum absolute atomic E-state index is 0.576. The number of hydrogen-bond acceptors (Lipinski definition) is 4. The maximum Gasteiger partial charge on any atom is 0.131 e. The van der Waals surface area contributed by atoms with Crippen LogP contribution in [0.15, 0.2) is 61.2 Å². The Kier molecular flexibility index (Phi) is 5.32. The van der Waals surface area contributed by atoms with E-state index < -0.39 is 0 Å². The molecule has 1 aromatic heterocycles. The van der Waals surface area contributed by atoms with Crippen molar-refractivity contribution in [2.45, 2.75) is 19.8 Å². The second kappa shape index (κ2) is 8.29. The molecule has 3 N–H and O–H groups in total. The first kappa shape index (κ1) is 20.5. The van der Waals surface area contributed by atoms with Crippen LogP contribution in [-0.4, -0.2) is 36.6 Å². The molecule has 0 fully saturated rings. The van der Waals surface area contributed by atoms with Crippen LogP contribution in [0.25, 0.3) is 33.5 Å². The van der Waals surface area contributed by atoms with Crippen molar-refractivity contribution in [3.05, 3.63) is 83.6 Å². The number of pyridine rings is 1. The van der Waals surface area contributed by atoms with Gasteiger partial charge in [0, 0.05) is 47.7 Å². The minimum atomic E-state index is 0.576. The van der Waals surface area contributed by atoms with Gasteiger partial charge in [0.15, 0.2) is 0 Å². The number of aromatic nitrogens is 1. The fraction of sp³-hybridized carbons (Fsp3) is 0.250. The predicted molar refractivity (Wildman–Crippen MR) is 135 cm³/mol. The fourth-order valence-electron chi connectivity index (χ4n) is 4.75. The molecule has 0 amide bonds. The zero-order valence-electron chi connectivity index (χ0n) is 18.9. The van der Waals surface area contributed by atoms with Crippen LogP contribution >= 0.6 is 0 Å². The summed E-state index contributed by atoms with van der Waals surface area (Å²) in [7, 11) is 2.17. The lowest BCUT2D eigenvalue weighted by molar-refractivity contribution is 0.370. The molecule has 5 rings (SSSR count). The second-order valence-corrected chi connectivity index (χ2v) is 8.90. The first-order valence-electron chi connectivity index (χ1n) is 11.3. The van der Waals surface area contributed by atoms with E-state index in [-0.39, 0.29) is 0 Å². The van der Waals surface area contributed by atoms with Crippen LogP contribution in [0.2, 0.25) is 0 Å². The van der Waals surface area contributed by atoms with Gasteiger partial charge >= 0.3 is 0 Å². The quantitative estimate of drug-likeness (QED) is 0.614. The molecular weight excluding hydrogens is 392 g/mol. The highest BCUT2D eigenvalue weighted by molar-refractivity contribution is 5.83. The van der Waals surface area contributed by atoms with Crippen LogP contribution in [0, 0.1) is 6.92 Å². The normalized spacial score (nSPS) is 16.3. The Morgan fingerprint density at radius 1 is 0.938 bits per heavy atom. The zero-order valence-corrected chi connectivity index (χ0v) is 18.9. The van der Waals surface area contributed by atoms with Crippen LogP contribution < -0.4 is 11.1 Å². The van der Waals surface area contributed by atoms with Crippen LogP contribution in [0.5, 0.6) is 0 Å². The van der Waals surface area contributed by atoms with Gasteiger partial charge in [-0.1, -0.05) is 55.1 Å². The van der Waals surface area contributed by atoms with Gasteiger partial charge in [0.1, 0.15) is 5.82 Å². The van der Waals surface area contributed by atoms with E-state index >= 15 is 0 Å². The maximum atomic E-state index is 6.38. The Morgan fingerprint density at radius 3 is 2.44 bits per heavy atom. The molecule has 0 unspecified atom stereocenters. The van der Waals surface area contributed by atoms with Crippen molar-refractivity contribution in [2.75, 3.05) is 32.4 Å². The number of hydrogen-bond donors (Lipinski definition) is 2. The lowest BCUT2D eigenvalue weighted by Gasteiger charge is -2.22. The summed E-state index contributed by atoms with van der Waals surface area (Å²) in [6, 6.07) is 17.6. The number of benzene rings is 2. The summed E-state index contributed by atoms with van der Waals surface area (Å²) in [6.45, 7) is 9.21. The molecule has 2 aliphatic rings. The van der Waals surface area contributed by atoms with Gasteiger partial charge in [0.25, 0.3) is 0 Å². The molecule has 0 atom stereocenters. The lowest BCUT2D eigenvalue weighted by atomic mass is 9.92. The topological polar surface area (TPSA) is 54.2 Å². The monoisotopic (exact) mass is 422 g/mol. The van der Waals surface area contributed by atoms with E-state index in [1.54, 1.807) is 0 Å². The van der Waals surface area contributed by atoms with E-state index in [2.05, 4.69) is 78.5 Å². The Labute approximate surface area is 190 Å². The number of nitrogen functional groups attached to an aromatic ring is 1. The maximum absolute atomic E-state index is 6.38. The summed E-state index contributed by atoms with van der Waals surface area (Å²) in [5.74, 6) is 0.576. The molecule has 3 heterocycles.